The van der Waals surface area contributed by atoms with E-state index in [1.807, 2.05) is 6.92 Å². The number of carbonyl (C=O) groups excluding carboxylic acids is 1. The predicted octanol–water partition coefficient (Wildman–Crippen LogP) is -0.783. The molecule has 1 aliphatic heterocycles. The van der Waals surface area contributed by atoms with E-state index in [0.717, 1.165) is 45.6 Å². The number of amides is 1. The molecule has 1 unspecified atom stereocenters. The molecule has 1 amide bonds. The third kappa shape index (κ3) is 3.73. The van der Waals surface area contributed by atoms with Gasteiger partial charge in [0, 0.05) is 32.7 Å². The van der Waals surface area contributed by atoms with Crippen molar-refractivity contribution in [2.24, 2.45) is 11.5 Å². The minimum Gasteiger partial charge on any atom is -0.368 e. The summed E-state index contributed by atoms with van der Waals surface area (Å²) in [6.07, 6.45) is 1.88. The molecule has 1 saturated heterocycles. The Morgan fingerprint density at radius 1 is 1.31 bits per heavy atom. The molecule has 0 bridgehead atoms. The monoisotopic (exact) mass is 228 g/mol. The Hall–Kier alpha value is -0.650. The molecule has 0 saturated carbocycles. The van der Waals surface area contributed by atoms with Crippen molar-refractivity contribution < 1.29 is 4.79 Å². The Morgan fingerprint density at radius 3 is 2.62 bits per heavy atom. The molecule has 94 valence electrons. The lowest BCUT2D eigenvalue weighted by Crippen LogP contribution is -2.46. The summed E-state index contributed by atoms with van der Waals surface area (Å²) in [7, 11) is 0. The maximum Gasteiger partial charge on any atom is 0.234 e. The third-order valence-electron chi connectivity index (χ3n) is 3.22. The molecule has 1 aliphatic rings. The van der Waals surface area contributed by atoms with Gasteiger partial charge in [-0.1, -0.05) is 6.92 Å². The van der Waals surface area contributed by atoms with Gasteiger partial charge < -0.3 is 16.4 Å². The summed E-state index contributed by atoms with van der Waals surface area (Å²) in [6, 6.07) is -0.0992. The molecule has 0 spiro atoms. The van der Waals surface area contributed by atoms with Crippen LogP contribution in [0.25, 0.3) is 0 Å². The Labute approximate surface area is 97.7 Å². The van der Waals surface area contributed by atoms with E-state index >= 15 is 0 Å². The molecule has 0 radical (unpaired) electrons. The number of nitrogens with two attached hydrogens (primary N) is 2. The van der Waals surface area contributed by atoms with E-state index in [1.54, 1.807) is 0 Å². The fraction of sp³-hybridized carbons (Fsp3) is 0.909. The van der Waals surface area contributed by atoms with Crippen LogP contribution in [0.1, 0.15) is 19.8 Å². The molecule has 1 heterocycles. The molecule has 4 N–H and O–H groups in total. The maximum atomic E-state index is 11.3. The molecular weight excluding hydrogens is 204 g/mol. The first kappa shape index (κ1) is 13.4. The first-order chi connectivity index (χ1) is 7.69. The van der Waals surface area contributed by atoms with Crippen molar-refractivity contribution in [3.05, 3.63) is 0 Å². The fourth-order valence-corrected chi connectivity index (χ4v) is 2.35. The lowest BCUT2D eigenvalue weighted by molar-refractivity contribution is -0.123. The molecular formula is C11H24N4O. The van der Waals surface area contributed by atoms with Gasteiger partial charge in [0.05, 0.1) is 6.04 Å². The van der Waals surface area contributed by atoms with Crippen molar-refractivity contribution >= 4 is 5.91 Å². The summed E-state index contributed by atoms with van der Waals surface area (Å²) in [4.78, 5) is 15.9. The molecule has 1 atom stereocenters. The quantitative estimate of drug-likeness (QED) is 0.647. The summed E-state index contributed by atoms with van der Waals surface area (Å²) in [5.74, 6) is -0.199. The zero-order valence-electron chi connectivity index (χ0n) is 10.2. The highest BCUT2D eigenvalue weighted by molar-refractivity contribution is 5.79. The van der Waals surface area contributed by atoms with Gasteiger partial charge in [-0.05, 0) is 19.4 Å². The van der Waals surface area contributed by atoms with Gasteiger partial charge in [0.15, 0.2) is 0 Å². The predicted molar refractivity (Wildman–Crippen MR) is 65.0 cm³/mol. The lowest BCUT2D eigenvalue weighted by Gasteiger charge is -2.27. The van der Waals surface area contributed by atoms with Crippen LogP contribution in [0.15, 0.2) is 0 Å². The van der Waals surface area contributed by atoms with Gasteiger partial charge in [-0.2, -0.15) is 0 Å². The normalized spacial score (nSPS) is 21.6. The van der Waals surface area contributed by atoms with E-state index in [1.165, 1.54) is 0 Å². The Balaban J connectivity index is 2.48. The largest absolute Gasteiger partial charge is 0.368 e. The van der Waals surface area contributed by atoms with E-state index in [0.29, 0.717) is 6.54 Å². The molecule has 5 heteroatoms. The molecule has 0 aromatic carbocycles. The van der Waals surface area contributed by atoms with E-state index in [4.69, 9.17) is 11.5 Å². The van der Waals surface area contributed by atoms with Gasteiger partial charge in [0.1, 0.15) is 0 Å². The molecule has 5 nitrogen and oxygen atoms in total. The average Bonchev–Trinajstić information content (AvgIpc) is 2.46. The number of primary amides is 1. The van der Waals surface area contributed by atoms with Crippen molar-refractivity contribution in [2.45, 2.75) is 25.8 Å². The van der Waals surface area contributed by atoms with Gasteiger partial charge in [0.2, 0.25) is 5.91 Å². The van der Waals surface area contributed by atoms with Crippen molar-refractivity contribution in [3.63, 3.8) is 0 Å². The Kier molecular flexibility index (Phi) is 5.73. The lowest BCUT2D eigenvalue weighted by atomic mass is 10.1. The number of rotatable bonds is 5. The first-order valence-corrected chi connectivity index (χ1v) is 6.14. The van der Waals surface area contributed by atoms with E-state index < -0.39 is 0 Å². The van der Waals surface area contributed by atoms with Gasteiger partial charge in [-0.3, -0.25) is 9.69 Å². The molecule has 0 aromatic rings. The van der Waals surface area contributed by atoms with E-state index in [2.05, 4.69) is 9.80 Å². The second-order valence-corrected chi connectivity index (χ2v) is 4.35. The molecule has 1 rings (SSSR count). The Bertz CT molecular complexity index is 222. The summed E-state index contributed by atoms with van der Waals surface area (Å²) in [5.41, 5.74) is 11.0. The fourth-order valence-electron chi connectivity index (χ4n) is 2.35. The van der Waals surface area contributed by atoms with E-state index in [-0.39, 0.29) is 11.9 Å². The zero-order valence-corrected chi connectivity index (χ0v) is 10.2. The van der Waals surface area contributed by atoms with Crippen LogP contribution in [0.4, 0.5) is 0 Å². The highest BCUT2D eigenvalue weighted by Crippen LogP contribution is 2.09. The van der Waals surface area contributed by atoms with Crippen LogP contribution in [0.2, 0.25) is 0 Å². The van der Waals surface area contributed by atoms with Gasteiger partial charge in [0.25, 0.3) is 0 Å². The van der Waals surface area contributed by atoms with Crippen LogP contribution >= 0.6 is 0 Å². The summed E-state index contributed by atoms with van der Waals surface area (Å²) in [6.45, 7) is 7.60. The number of hydrogen-bond donors (Lipinski definition) is 2. The number of nitrogens with zero attached hydrogens (tertiary/aromatic N) is 2. The maximum absolute atomic E-state index is 11.3. The van der Waals surface area contributed by atoms with Crippen molar-refractivity contribution in [1.29, 1.82) is 0 Å². The van der Waals surface area contributed by atoms with Crippen LogP contribution in [-0.4, -0.2) is 61.0 Å². The van der Waals surface area contributed by atoms with Crippen LogP contribution in [0, 0.1) is 0 Å². The topological polar surface area (TPSA) is 75.6 Å². The minimum atomic E-state index is -0.199. The number of hydrogen-bond acceptors (Lipinski definition) is 4. The Morgan fingerprint density at radius 2 is 2.06 bits per heavy atom. The summed E-state index contributed by atoms with van der Waals surface area (Å²) < 4.78 is 0. The molecule has 16 heavy (non-hydrogen) atoms. The number of carbonyl (C=O) groups is 1. The van der Waals surface area contributed by atoms with Crippen molar-refractivity contribution in [2.75, 3.05) is 39.3 Å². The summed E-state index contributed by atoms with van der Waals surface area (Å²) in [5, 5.41) is 0. The minimum absolute atomic E-state index is 0.0992. The summed E-state index contributed by atoms with van der Waals surface area (Å²) >= 11 is 0. The molecule has 0 aromatic heterocycles. The van der Waals surface area contributed by atoms with Crippen LogP contribution < -0.4 is 11.5 Å². The second kappa shape index (κ2) is 6.83. The molecule has 0 aliphatic carbocycles. The van der Waals surface area contributed by atoms with Crippen LogP contribution in [-0.2, 0) is 4.79 Å². The van der Waals surface area contributed by atoms with Crippen molar-refractivity contribution in [1.82, 2.24) is 9.80 Å². The second-order valence-electron chi connectivity index (χ2n) is 4.35. The SMILES string of the molecule is CCC(C(N)=O)N1CCCN(CCN)CC1. The van der Waals surface area contributed by atoms with Gasteiger partial charge in [-0.15, -0.1) is 0 Å². The first-order valence-electron chi connectivity index (χ1n) is 6.14. The van der Waals surface area contributed by atoms with Crippen LogP contribution in [0.5, 0.6) is 0 Å². The standard InChI is InChI=1S/C11H24N4O/c1-2-10(11(13)16)15-6-3-5-14(7-4-12)8-9-15/h10H,2-9,12H2,1H3,(H2,13,16). The molecule has 1 fully saturated rings. The third-order valence-corrected chi connectivity index (χ3v) is 3.22. The van der Waals surface area contributed by atoms with Gasteiger partial charge in [-0.25, -0.2) is 0 Å². The van der Waals surface area contributed by atoms with Crippen LogP contribution in [0.3, 0.4) is 0 Å². The highest BCUT2D eigenvalue weighted by Gasteiger charge is 2.24. The average molecular weight is 228 g/mol. The smallest absolute Gasteiger partial charge is 0.234 e. The van der Waals surface area contributed by atoms with Gasteiger partial charge >= 0.3 is 0 Å². The van der Waals surface area contributed by atoms with Crippen molar-refractivity contribution in [3.8, 4) is 0 Å². The highest BCUT2D eigenvalue weighted by atomic mass is 16.1. The zero-order chi connectivity index (χ0) is 12.0. The van der Waals surface area contributed by atoms with E-state index in [9.17, 15) is 4.79 Å².